The molecule has 1 heterocycles. The van der Waals surface area contributed by atoms with E-state index in [0.29, 0.717) is 27.6 Å². The number of carbonyl (C=O) groups is 2. The number of ether oxygens (including phenoxy) is 2. The minimum absolute atomic E-state index is 0.00417. The zero-order valence-corrected chi connectivity index (χ0v) is 18.7. The van der Waals surface area contributed by atoms with Gasteiger partial charge in [-0.2, -0.15) is 5.26 Å². The Kier molecular flexibility index (Phi) is 6.66. The van der Waals surface area contributed by atoms with Crippen molar-refractivity contribution in [3.8, 4) is 6.07 Å². The van der Waals surface area contributed by atoms with Gasteiger partial charge in [0.1, 0.15) is 12.1 Å². The summed E-state index contributed by atoms with van der Waals surface area (Å²) in [6, 6.07) is 14.5. The molecular weight excluding hydrogens is 414 g/mol. The van der Waals surface area contributed by atoms with Gasteiger partial charge >= 0.3 is 11.9 Å². The molecule has 8 heteroatoms. The highest BCUT2D eigenvalue weighted by molar-refractivity contribution is 7.98. The van der Waals surface area contributed by atoms with Crippen molar-refractivity contribution in [2.75, 3.05) is 7.11 Å². The van der Waals surface area contributed by atoms with Crippen LogP contribution in [0.4, 0.5) is 0 Å². The smallest absolute Gasteiger partial charge is 0.337 e. The number of imidazole rings is 1. The first kappa shape index (κ1) is 22.4. The topological polar surface area (TPSA) is 94.2 Å². The second-order valence-electron chi connectivity index (χ2n) is 7.86. The molecule has 0 fully saturated rings. The average molecular weight is 438 g/mol. The van der Waals surface area contributed by atoms with Gasteiger partial charge in [-0.15, -0.1) is 0 Å². The largest absolute Gasteiger partial charge is 0.465 e. The fourth-order valence-electron chi connectivity index (χ4n) is 3.00. The number of nitrogens with zero attached hydrogens (tertiary/aromatic N) is 3. The fourth-order valence-corrected chi connectivity index (χ4v) is 3.95. The van der Waals surface area contributed by atoms with Crippen molar-refractivity contribution in [3.05, 3.63) is 59.2 Å². The zero-order chi connectivity index (χ0) is 22.6. The quantitative estimate of drug-likeness (QED) is 0.418. The Morgan fingerprint density at radius 2 is 1.97 bits per heavy atom. The number of benzene rings is 2. The Hall–Kier alpha value is -3.31. The summed E-state index contributed by atoms with van der Waals surface area (Å²) < 4.78 is 12.0. The molecule has 0 spiro atoms. The van der Waals surface area contributed by atoms with Crippen molar-refractivity contribution in [2.45, 2.75) is 43.8 Å². The summed E-state index contributed by atoms with van der Waals surface area (Å²) in [6.07, 6.45) is 0. The van der Waals surface area contributed by atoms with Crippen molar-refractivity contribution in [1.29, 1.82) is 5.26 Å². The number of hydrogen-bond donors (Lipinski definition) is 0. The molecule has 0 aliphatic rings. The first-order valence-electron chi connectivity index (χ1n) is 9.62. The molecule has 2 aromatic carbocycles. The van der Waals surface area contributed by atoms with Crippen molar-refractivity contribution >= 4 is 34.7 Å². The molecule has 0 aliphatic carbocycles. The molecule has 0 aliphatic heterocycles. The maximum absolute atomic E-state index is 12.5. The average Bonchev–Trinajstić information content (AvgIpc) is 3.06. The summed E-state index contributed by atoms with van der Waals surface area (Å²) in [5.41, 5.74) is 2.67. The number of esters is 2. The molecule has 0 radical (unpaired) electrons. The number of methoxy groups -OCH3 is 1. The van der Waals surface area contributed by atoms with Gasteiger partial charge in [0.15, 0.2) is 5.16 Å². The molecule has 1 aromatic heterocycles. The minimum atomic E-state index is -0.594. The van der Waals surface area contributed by atoms with Gasteiger partial charge in [-0.25, -0.2) is 9.78 Å². The van der Waals surface area contributed by atoms with Crippen molar-refractivity contribution in [1.82, 2.24) is 9.55 Å². The first-order valence-corrected chi connectivity index (χ1v) is 10.6. The maximum Gasteiger partial charge on any atom is 0.337 e. The lowest BCUT2D eigenvalue weighted by atomic mass is 10.1. The normalized spacial score (nSPS) is 11.2. The first-order chi connectivity index (χ1) is 14.7. The van der Waals surface area contributed by atoms with Crippen LogP contribution in [0, 0.1) is 11.3 Å². The number of nitriles is 1. The van der Waals surface area contributed by atoms with E-state index in [1.165, 1.54) is 18.9 Å². The third-order valence-corrected chi connectivity index (χ3v) is 5.31. The summed E-state index contributed by atoms with van der Waals surface area (Å²) in [7, 11) is 1.35. The predicted octanol–water partition coefficient (Wildman–Crippen LogP) is 4.33. The highest BCUT2D eigenvalue weighted by Gasteiger charge is 2.20. The van der Waals surface area contributed by atoms with Crippen LogP contribution in [-0.4, -0.2) is 34.2 Å². The van der Waals surface area contributed by atoms with Crippen LogP contribution in [0.2, 0.25) is 0 Å². The number of aromatic nitrogens is 2. The second-order valence-corrected chi connectivity index (χ2v) is 8.81. The van der Waals surface area contributed by atoms with Crippen LogP contribution >= 0.6 is 11.8 Å². The van der Waals surface area contributed by atoms with Gasteiger partial charge in [0.25, 0.3) is 0 Å². The third-order valence-electron chi connectivity index (χ3n) is 4.27. The van der Waals surface area contributed by atoms with Crippen LogP contribution in [0.5, 0.6) is 0 Å². The van der Waals surface area contributed by atoms with Crippen LogP contribution in [0.15, 0.2) is 47.6 Å². The molecule has 0 saturated carbocycles. The molecule has 0 atom stereocenters. The molecule has 0 unspecified atom stereocenters. The van der Waals surface area contributed by atoms with Gasteiger partial charge < -0.3 is 14.0 Å². The van der Waals surface area contributed by atoms with Crippen LogP contribution in [-0.2, 0) is 26.6 Å². The molecule has 31 heavy (non-hydrogen) atoms. The summed E-state index contributed by atoms with van der Waals surface area (Å²) in [5, 5.41) is 9.81. The van der Waals surface area contributed by atoms with E-state index >= 15 is 0 Å². The van der Waals surface area contributed by atoms with Crippen molar-refractivity contribution < 1.29 is 19.1 Å². The highest BCUT2D eigenvalue weighted by atomic mass is 32.2. The molecule has 0 bridgehead atoms. The SMILES string of the molecule is COC(=O)c1cccc(CSc2nc3cc(C#N)ccc3n2CC(=O)OC(C)(C)C)c1. The number of fused-ring (bicyclic) bond motifs is 1. The zero-order valence-electron chi connectivity index (χ0n) is 17.8. The fraction of sp³-hybridized carbons (Fsp3) is 0.304. The Morgan fingerprint density at radius 1 is 1.19 bits per heavy atom. The number of thioether (sulfide) groups is 1. The van der Waals surface area contributed by atoms with E-state index in [9.17, 15) is 14.9 Å². The predicted molar refractivity (Wildman–Crippen MR) is 118 cm³/mol. The summed E-state index contributed by atoms with van der Waals surface area (Å²) in [6.45, 7) is 5.46. The Morgan fingerprint density at radius 3 is 2.65 bits per heavy atom. The van der Waals surface area contributed by atoms with E-state index in [0.717, 1.165) is 11.1 Å². The van der Waals surface area contributed by atoms with Gasteiger partial charge in [-0.05, 0) is 56.7 Å². The maximum atomic E-state index is 12.5. The Bertz CT molecular complexity index is 1170. The molecule has 0 saturated heterocycles. The Labute approximate surface area is 185 Å². The van der Waals surface area contributed by atoms with Gasteiger partial charge in [0.2, 0.25) is 0 Å². The van der Waals surface area contributed by atoms with Crippen molar-refractivity contribution in [2.24, 2.45) is 0 Å². The second kappa shape index (κ2) is 9.23. The highest BCUT2D eigenvalue weighted by Crippen LogP contribution is 2.28. The molecule has 0 amide bonds. The van der Waals surface area contributed by atoms with E-state index in [2.05, 4.69) is 11.1 Å². The van der Waals surface area contributed by atoms with Gasteiger partial charge in [-0.3, -0.25) is 4.79 Å². The van der Waals surface area contributed by atoms with E-state index in [1.54, 1.807) is 41.0 Å². The van der Waals surface area contributed by atoms with E-state index in [-0.39, 0.29) is 12.5 Å². The van der Waals surface area contributed by atoms with Gasteiger partial charge in [-0.1, -0.05) is 23.9 Å². The lowest BCUT2D eigenvalue weighted by molar-refractivity contribution is -0.155. The lowest BCUT2D eigenvalue weighted by Crippen LogP contribution is -2.26. The van der Waals surface area contributed by atoms with E-state index in [4.69, 9.17) is 9.47 Å². The monoisotopic (exact) mass is 437 g/mol. The minimum Gasteiger partial charge on any atom is -0.465 e. The van der Waals surface area contributed by atoms with Crippen LogP contribution < -0.4 is 0 Å². The van der Waals surface area contributed by atoms with Crippen LogP contribution in [0.3, 0.4) is 0 Å². The van der Waals surface area contributed by atoms with Gasteiger partial charge in [0.05, 0.1) is 35.3 Å². The molecule has 7 nitrogen and oxygen atoms in total. The third kappa shape index (κ3) is 5.64. The van der Waals surface area contributed by atoms with E-state index < -0.39 is 11.6 Å². The van der Waals surface area contributed by atoms with Crippen molar-refractivity contribution in [3.63, 3.8) is 0 Å². The van der Waals surface area contributed by atoms with Crippen LogP contribution in [0.1, 0.15) is 42.3 Å². The molecule has 0 N–H and O–H groups in total. The molecular formula is C23H23N3O4S. The summed E-state index contributed by atoms with van der Waals surface area (Å²) in [5.74, 6) is -0.230. The number of carbonyl (C=O) groups excluding carboxylic acids is 2. The summed E-state index contributed by atoms with van der Waals surface area (Å²) >= 11 is 1.44. The summed E-state index contributed by atoms with van der Waals surface area (Å²) in [4.78, 5) is 28.9. The molecule has 3 aromatic rings. The van der Waals surface area contributed by atoms with Gasteiger partial charge in [0, 0.05) is 5.75 Å². The number of rotatable bonds is 6. The number of hydrogen-bond acceptors (Lipinski definition) is 7. The van der Waals surface area contributed by atoms with Crippen LogP contribution in [0.25, 0.3) is 11.0 Å². The molecule has 3 rings (SSSR count). The Balaban J connectivity index is 1.90. The standard InChI is InChI=1S/C23H23N3O4S/c1-23(2,3)30-20(27)13-26-19-9-8-15(12-24)11-18(19)25-22(26)31-14-16-6-5-7-17(10-16)21(28)29-4/h5-11H,13-14H2,1-4H3. The molecule has 160 valence electrons. The lowest BCUT2D eigenvalue weighted by Gasteiger charge is -2.20. The van der Waals surface area contributed by atoms with E-state index in [1.807, 2.05) is 26.8 Å².